The van der Waals surface area contributed by atoms with E-state index < -0.39 is 0 Å². The zero-order chi connectivity index (χ0) is 9.40. The summed E-state index contributed by atoms with van der Waals surface area (Å²) >= 11 is 6.33. The van der Waals surface area contributed by atoms with Crippen LogP contribution in [0.1, 0.15) is 19.8 Å². The topological polar surface area (TPSA) is 0 Å². The molecule has 0 aromatic rings. The van der Waals surface area contributed by atoms with E-state index in [1.165, 1.54) is 37.2 Å². The van der Waals surface area contributed by atoms with E-state index in [0.29, 0.717) is 5.88 Å². The van der Waals surface area contributed by atoms with Gasteiger partial charge in [0, 0.05) is 5.88 Å². The Morgan fingerprint density at radius 3 is 2.50 bits per heavy atom. The van der Waals surface area contributed by atoms with Crippen LogP contribution in [0, 0.1) is 0 Å². The monoisotopic (exact) mass is 349 g/mol. The van der Waals surface area contributed by atoms with Gasteiger partial charge in [-0.05, 0) is 0 Å². The molecule has 1 rings (SSSR count). The second-order valence-electron chi connectivity index (χ2n) is 2.41. The van der Waals surface area contributed by atoms with Gasteiger partial charge >= 0.3 is 65.2 Å². The summed E-state index contributed by atoms with van der Waals surface area (Å²) in [7, 11) is 0. The molecule has 0 unspecified atom stereocenters. The van der Waals surface area contributed by atoms with E-state index in [1.807, 2.05) is 0 Å². The molecule has 2 heteroatoms. The first-order chi connectivity index (χ1) is 5.76. The third-order valence-corrected chi connectivity index (χ3v) is 3.62. The molecule has 65 valence electrons. The molecule has 12 heavy (non-hydrogen) atoms. The van der Waals surface area contributed by atoms with E-state index in [1.54, 1.807) is 15.0 Å². The van der Waals surface area contributed by atoms with Gasteiger partial charge in [0.25, 0.3) is 0 Å². The number of allylic oxidation sites excluding steroid dienone is 5. The minimum absolute atomic E-state index is 0.556. The summed E-state index contributed by atoms with van der Waals surface area (Å²) in [6, 6.07) is 0. The number of halogens is 1. The van der Waals surface area contributed by atoms with Crippen molar-refractivity contribution in [1.82, 2.24) is 0 Å². The molecule has 0 fully saturated rings. The van der Waals surface area contributed by atoms with E-state index >= 15 is 0 Å². The van der Waals surface area contributed by atoms with Crippen LogP contribution in [0.2, 0.25) is 0 Å². The van der Waals surface area contributed by atoms with Crippen molar-refractivity contribution >= 4 is 11.6 Å². The van der Waals surface area contributed by atoms with Crippen molar-refractivity contribution in [2.24, 2.45) is 0 Å². The molecular formula is C10H14ClHf. The Morgan fingerprint density at radius 1 is 1.75 bits per heavy atom. The Morgan fingerprint density at radius 2 is 2.33 bits per heavy atom. The summed E-state index contributed by atoms with van der Waals surface area (Å²) in [5.74, 6) is 0.556. The van der Waals surface area contributed by atoms with Gasteiger partial charge in [-0.2, -0.15) is 0 Å². The fourth-order valence-corrected chi connectivity index (χ4v) is 2.24. The second kappa shape index (κ2) is 8.00. The number of hydrogen-bond acceptors (Lipinski definition) is 0. The van der Waals surface area contributed by atoms with E-state index in [4.69, 9.17) is 11.6 Å². The second-order valence-corrected chi connectivity index (χ2v) is 4.88. The predicted molar refractivity (Wildman–Crippen MR) is 52.0 cm³/mol. The third-order valence-electron chi connectivity index (χ3n) is 1.52. The zero-order valence-electron chi connectivity index (χ0n) is 7.44. The molecule has 0 bridgehead atoms. The Bertz CT molecular complexity index is 192. The zero-order valence-corrected chi connectivity index (χ0v) is 11.8. The maximum absolute atomic E-state index is 5.07. The van der Waals surface area contributed by atoms with Gasteiger partial charge in [-0.25, -0.2) is 0 Å². The molecule has 0 spiro atoms. The first kappa shape index (κ1) is 12.4. The molecule has 1 aliphatic rings. The fourth-order valence-electron chi connectivity index (χ4n) is 0.882. The normalized spacial score (nSPS) is 14.1. The van der Waals surface area contributed by atoms with E-state index in [-0.39, 0.29) is 0 Å². The summed E-state index contributed by atoms with van der Waals surface area (Å²) in [5, 5.41) is 0. The molecule has 1 aliphatic carbocycles. The maximum atomic E-state index is 5.07. The molecule has 0 atom stereocenters. The van der Waals surface area contributed by atoms with E-state index in [2.05, 4.69) is 25.7 Å². The summed E-state index contributed by atoms with van der Waals surface area (Å²) in [6.45, 7) is 5.57. The minimum atomic E-state index is 0.556. The first-order valence-corrected chi connectivity index (χ1v) is 6.36. The number of rotatable bonds is 2. The Hall–Kier alpha value is 0.380. The molecule has 0 saturated heterocycles. The Labute approximate surface area is 95.0 Å². The van der Waals surface area contributed by atoms with Crippen LogP contribution >= 0.6 is 11.6 Å². The van der Waals surface area contributed by atoms with Gasteiger partial charge in [-0.3, -0.25) is 0 Å². The van der Waals surface area contributed by atoms with Crippen molar-refractivity contribution in [3.8, 4) is 0 Å². The molecule has 0 nitrogen and oxygen atoms in total. The number of alkyl halides is 1. The molecule has 0 aromatic heterocycles. The van der Waals surface area contributed by atoms with Crippen LogP contribution in [0.15, 0.2) is 33.7 Å². The molecule has 0 amide bonds. The van der Waals surface area contributed by atoms with Crippen LogP contribution in [0.4, 0.5) is 0 Å². The van der Waals surface area contributed by atoms with Crippen LogP contribution in [0.5, 0.6) is 0 Å². The molecule has 0 aliphatic heterocycles. The van der Waals surface area contributed by atoms with Crippen LogP contribution in [-0.4, -0.2) is 5.88 Å². The summed E-state index contributed by atoms with van der Waals surface area (Å²) in [5.41, 5.74) is 1.59. The summed E-state index contributed by atoms with van der Waals surface area (Å²) in [4.78, 5) is 0. The molecule has 0 heterocycles. The molecule has 0 aromatic carbocycles. The van der Waals surface area contributed by atoms with Crippen LogP contribution in [0.3, 0.4) is 0 Å². The number of hydrogen-bond donors (Lipinski definition) is 0. The average Bonchev–Trinajstić information content (AvgIpc) is 2.51. The van der Waals surface area contributed by atoms with Crippen LogP contribution < -0.4 is 0 Å². The van der Waals surface area contributed by atoms with Crippen LogP contribution in [-0.2, 0) is 24.4 Å². The van der Waals surface area contributed by atoms with Gasteiger partial charge in [-0.15, -0.1) is 18.2 Å². The van der Waals surface area contributed by atoms with Gasteiger partial charge in [-0.1, -0.05) is 6.08 Å². The Balaban J connectivity index is 0.000000261. The van der Waals surface area contributed by atoms with Crippen molar-refractivity contribution in [3.05, 3.63) is 33.7 Å². The fraction of sp³-hybridized carbons (Fsp3) is 0.400. The first-order valence-electron chi connectivity index (χ1n) is 4.03. The Kier molecular flexibility index (Phi) is 8.25. The predicted octanol–water partition coefficient (Wildman–Crippen LogP) is 3.57. The van der Waals surface area contributed by atoms with E-state index in [0.717, 1.165) is 0 Å². The van der Waals surface area contributed by atoms with E-state index in [9.17, 15) is 0 Å². The van der Waals surface area contributed by atoms with Crippen molar-refractivity contribution in [2.45, 2.75) is 19.8 Å². The molecule has 0 saturated carbocycles. The van der Waals surface area contributed by atoms with Gasteiger partial charge in [0.2, 0.25) is 0 Å². The average molecular weight is 348 g/mol. The van der Waals surface area contributed by atoms with Crippen molar-refractivity contribution in [3.63, 3.8) is 0 Å². The summed E-state index contributed by atoms with van der Waals surface area (Å²) in [6.07, 6.45) is 8.65. The van der Waals surface area contributed by atoms with Gasteiger partial charge in [0.15, 0.2) is 0 Å². The standard InChI is InChI=1S/C7H9.C3H5Cl.Hf/c1-2-7-5-3-4-6-7;1-2-3-4;/h3,5H,2,4H2,1H3;2H,1,3H2;. The van der Waals surface area contributed by atoms with Gasteiger partial charge in [0.1, 0.15) is 0 Å². The summed E-state index contributed by atoms with van der Waals surface area (Å²) < 4.78 is 1.69. The molecule has 0 N–H and O–H groups in total. The molecule has 0 radical (unpaired) electrons. The van der Waals surface area contributed by atoms with Gasteiger partial charge < -0.3 is 0 Å². The van der Waals surface area contributed by atoms with Crippen molar-refractivity contribution < 1.29 is 24.4 Å². The SMILES string of the molecule is C=CCCl.CCC1=[C]([Hf])CC=C1. The van der Waals surface area contributed by atoms with Gasteiger partial charge in [0.05, 0.1) is 0 Å². The van der Waals surface area contributed by atoms with Crippen LogP contribution in [0.25, 0.3) is 0 Å². The third kappa shape index (κ3) is 5.10. The van der Waals surface area contributed by atoms with Crippen molar-refractivity contribution in [1.29, 1.82) is 0 Å². The van der Waals surface area contributed by atoms with Crippen molar-refractivity contribution in [2.75, 3.05) is 5.88 Å². The quantitative estimate of drug-likeness (QED) is 0.407. The molecular weight excluding hydrogens is 334 g/mol.